The van der Waals surface area contributed by atoms with Crippen LogP contribution in [0.25, 0.3) is 11.1 Å². The Balaban J connectivity index is 1.90. The van der Waals surface area contributed by atoms with Gasteiger partial charge in [-0.25, -0.2) is 4.98 Å². The molecule has 1 aromatic heterocycles. The number of oxazole rings is 1. The van der Waals surface area contributed by atoms with Crippen molar-refractivity contribution in [1.29, 1.82) is 0 Å². The van der Waals surface area contributed by atoms with Crippen LogP contribution < -0.4 is 0 Å². The van der Waals surface area contributed by atoms with E-state index in [2.05, 4.69) is 4.98 Å². The summed E-state index contributed by atoms with van der Waals surface area (Å²) in [5.74, 6) is 0.509. The predicted molar refractivity (Wildman–Crippen MR) is 78.0 cm³/mol. The average molecular weight is 265 g/mol. The summed E-state index contributed by atoms with van der Waals surface area (Å²) in [4.78, 5) is 16.7. The highest BCUT2D eigenvalue weighted by Crippen LogP contribution is 2.18. The van der Waals surface area contributed by atoms with Gasteiger partial charge in [-0.1, -0.05) is 29.8 Å². The Hall–Kier alpha value is -2.42. The quantitative estimate of drug-likeness (QED) is 0.675. The predicted octanol–water partition coefficient (Wildman–Crippen LogP) is 3.87. The molecule has 0 spiro atoms. The van der Waals surface area contributed by atoms with Crippen molar-refractivity contribution in [3.8, 4) is 0 Å². The van der Waals surface area contributed by atoms with Crippen LogP contribution in [0.15, 0.2) is 46.9 Å². The number of ketones is 1. The molecule has 20 heavy (non-hydrogen) atoms. The molecule has 0 amide bonds. The van der Waals surface area contributed by atoms with E-state index in [9.17, 15) is 4.79 Å². The van der Waals surface area contributed by atoms with Crippen molar-refractivity contribution in [2.45, 2.75) is 20.3 Å². The first-order chi connectivity index (χ1) is 9.63. The van der Waals surface area contributed by atoms with Gasteiger partial charge < -0.3 is 4.42 Å². The molecular weight excluding hydrogens is 250 g/mol. The van der Waals surface area contributed by atoms with Gasteiger partial charge in [-0.15, -0.1) is 0 Å². The highest BCUT2D eigenvalue weighted by atomic mass is 16.3. The van der Waals surface area contributed by atoms with Gasteiger partial charge in [-0.05, 0) is 37.6 Å². The minimum atomic E-state index is 0.0396. The Morgan fingerprint density at radius 3 is 2.75 bits per heavy atom. The van der Waals surface area contributed by atoms with Gasteiger partial charge in [-0.3, -0.25) is 4.79 Å². The lowest BCUT2D eigenvalue weighted by atomic mass is 10.0. The molecule has 0 saturated heterocycles. The number of benzene rings is 2. The molecule has 0 aliphatic carbocycles. The third kappa shape index (κ3) is 2.35. The van der Waals surface area contributed by atoms with E-state index >= 15 is 0 Å². The monoisotopic (exact) mass is 265 g/mol. The van der Waals surface area contributed by atoms with Gasteiger partial charge in [0.15, 0.2) is 11.4 Å². The van der Waals surface area contributed by atoms with Crippen molar-refractivity contribution in [3.05, 3.63) is 65.0 Å². The lowest BCUT2D eigenvalue weighted by molar-refractivity contribution is 0.0985. The Morgan fingerprint density at radius 1 is 1.15 bits per heavy atom. The summed E-state index contributed by atoms with van der Waals surface area (Å²) in [5.41, 5.74) is 4.31. The fourth-order valence-corrected chi connectivity index (χ4v) is 2.26. The largest absolute Gasteiger partial charge is 0.440 e. The maximum atomic E-state index is 12.4. The molecule has 0 aliphatic heterocycles. The molecule has 2 aromatic carbocycles. The van der Waals surface area contributed by atoms with Crippen LogP contribution in [0.2, 0.25) is 0 Å². The second-order valence-corrected chi connectivity index (χ2v) is 4.99. The number of carbonyl (C=O) groups excluding carboxylic acids is 1. The molecular formula is C17H15NO2. The van der Waals surface area contributed by atoms with Crippen LogP contribution in [0.4, 0.5) is 0 Å². The average Bonchev–Trinajstić information content (AvgIpc) is 2.83. The van der Waals surface area contributed by atoms with Gasteiger partial charge in [0.1, 0.15) is 5.52 Å². The van der Waals surface area contributed by atoms with Crippen molar-refractivity contribution in [2.24, 2.45) is 0 Å². The normalized spacial score (nSPS) is 10.9. The highest BCUT2D eigenvalue weighted by molar-refractivity contribution is 5.98. The summed E-state index contributed by atoms with van der Waals surface area (Å²) in [6.07, 6.45) is 0.193. The van der Waals surface area contributed by atoms with Crippen LogP contribution in [0.3, 0.4) is 0 Å². The molecule has 0 saturated carbocycles. The highest BCUT2D eigenvalue weighted by Gasteiger charge is 2.14. The maximum absolute atomic E-state index is 12.4. The van der Waals surface area contributed by atoms with Crippen molar-refractivity contribution in [1.82, 2.24) is 4.98 Å². The van der Waals surface area contributed by atoms with E-state index in [1.807, 2.05) is 56.3 Å². The van der Waals surface area contributed by atoms with Crippen LogP contribution in [0.1, 0.15) is 27.4 Å². The molecule has 3 aromatic rings. The van der Waals surface area contributed by atoms with Crippen LogP contribution >= 0.6 is 0 Å². The number of rotatable bonds is 3. The SMILES string of the molecule is Cc1ccc(C)c(C(=O)Cc2nc3ccccc3o2)c1. The van der Waals surface area contributed by atoms with E-state index in [1.54, 1.807) is 0 Å². The minimum absolute atomic E-state index is 0.0396. The summed E-state index contributed by atoms with van der Waals surface area (Å²) in [7, 11) is 0. The van der Waals surface area contributed by atoms with Gasteiger partial charge in [0.25, 0.3) is 0 Å². The summed E-state index contributed by atoms with van der Waals surface area (Å²) < 4.78 is 5.60. The zero-order valence-electron chi connectivity index (χ0n) is 11.5. The number of para-hydroxylation sites is 2. The third-order valence-corrected chi connectivity index (χ3v) is 3.34. The van der Waals surface area contributed by atoms with Crippen LogP contribution in [-0.4, -0.2) is 10.8 Å². The summed E-state index contributed by atoms with van der Waals surface area (Å²) in [6.45, 7) is 3.92. The summed E-state index contributed by atoms with van der Waals surface area (Å²) in [5, 5.41) is 0. The molecule has 0 radical (unpaired) electrons. The molecule has 0 atom stereocenters. The topological polar surface area (TPSA) is 43.1 Å². The minimum Gasteiger partial charge on any atom is -0.440 e. The summed E-state index contributed by atoms with van der Waals surface area (Å²) >= 11 is 0. The van der Waals surface area contributed by atoms with Crippen molar-refractivity contribution >= 4 is 16.9 Å². The van der Waals surface area contributed by atoms with E-state index in [1.165, 1.54) is 0 Å². The molecule has 0 N–H and O–H groups in total. The van der Waals surface area contributed by atoms with Gasteiger partial charge in [0, 0.05) is 5.56 Å². The molecule has 100 valence electrons. The summed E-state index contributed by atoms with van der Waals surface area (Å²) in [6, 6.07) is 13.4. The van der Waals surface area contributed by atoms with Gasteiger partial charge in [-0.2, -0.15) is 0 Å². The Bertz CT molecular complexity index is 754. The maximum Gasteiger partial charge on any atom is 0.203 e. The molecule has 1 heterocycles. The van der Waals surface area contributed by atoms with Gasteiger partial charge in [0.2, 0.25) is 5.89 Å². The van der Waals surface area contributed by atoms with Gasteiger partial charge >= 0.3 is 0 Å². The van der Waals surface area contributed by atoms with E-state index in [4.69, 9.17) is 4.42 Å². The third-order valence-electron chi connectivity index (χ3n) is 3.34. The number of Topliss-reactive ketones (excluding diaryl/α,β-unsaturated/α-hetero) is 1. The molecule has 3 heteroatoms. The molecule has 3 nitrogen and oxygen atoms in total. The second kappa shape index (κ2) is 4.93. The second-order valence-electron chi connectivity index (χ2n) is 4.99. The van der Waals surface area contributed by atoms with Gasteiger partial charge in [0.05, 0.1) is 6.42 Å². The first-order valence-electron chi connectivity index (χ1n) is 6.58. The van der Waals surface area contributed by atoms with E-state index in [0.717, 1.165) is 27.8 Å². The lowest BCUT2D eigenvalue weighted by Gasteiger charge is -2.04. The number of aromatic nitrogens is 1. The Morgan fingerprint density at radius 2 is 1.95 bits per heavy atom. The molecule has 0 unspecified atom stereocenters. The first-order valence-corrected chi connectivity index (χ1v) is 6.58. The van der Waals surface area contributed by atoms with Crippen molar-refractivity contribution < 1.29 is 9.21 Å². The Labute approximate surface area is 117 Å². The number of carbonyl (C=O) groups is 1. The van der Waals surface area contributed by atoms with E-state index < -0.39 is 0 Å². The van der Waals surface area contributed by atoms with E-state index in [-0.39, 0.29) is 12.2 Å². The zero-order valence-corrected chi connectivity index (χ0v) is 11.5. The fraction of sp³-hybridized carbons (Fsp3) is 0.176. The Kier molecular flexibility index (Phi) is 3.11. The molecule has 3 rings (SSSR count). The number of nitrogens with zero attached hydrogens (tertiary/aromatic N) is 1. The smallest absolute Gasteiger partial charge is 0.203 e. The number of hydrogen-bond acceptors (Lipinski definition) is 3. The first kappa shape index (κ1) is 12.6. The van der Waals surface area contributed by atoms with Crippen LogP contribution in [-0.2, 0) is 6.42 Å². The fourth-order valence-electron chi connectivity index (χ4n) is 2.26. The van der Waals surface area contributed by atoms with Crippen molar-refractivity contribution in [3.63, 3.8) is 0 Å². The number of hydrogen-bond donors (Lipinski definition) is 0. The van der Waals surface area contributed by atoms with Crippen molar-refractivity contribution in [2.75, 3.05) is 0 Å². The van der Waals surface area contributed by atoms with E-state index in [0.29, 0.717) is 5.89 Å². The molecule has 0 bridgehead atoms. The van der Waals surface area contributed by atoms with Crippen LogP contribution in [0, 0.1) is 13.8 Å². The number of fused-ring (bicyclic) bond motifs is 1. The number of aryl methyl sites for hydroxylation is 2. The zero-order chi connectivity index (χ0) is 14.1. The lowest BCUT2D eigenvalue weighted by Crippen LogP contribution is -2.06. The van der Waals surface area contributed by atoms with Crippen LogP contribution in [0.5, 0.6) is 0 Å². The molecule has 0 fully saturated rings. The standard InChI is InChI=1S/C17H15NO2/c1-11-7-8-12(2)13(9-11)15(19)10-17-18-14-5-3-4-6-16(14)20-17/h3-9H,10H2,1-2H3. The molecule has 0 aliphatic rings.